The van der Waals surface area contributed by atoms with Gasteiger partial charge >= 0.3 is 39.2 Å². The highest BCUT2D eigenvalue weighted by molar-refractivity contribution is 9.12. The van der Waals surface area contributed by atoms with Crippen LogP contribution in [0.15, 0.2) is 76.7 Å². The zero-order valence-electron chi connectivity index (χ0n) is 28.9. The second-order valence-electron chi connectivity index (χ2n) is 14.4. The molecule has 7 rings (SSSR count). The van der Waals surface area contributed by atoms with Crippen LogP contribution in [0, 0.1) is 5.41 Å². The van der Waals surface area contributed by atoms with Gasteiger partial charge in [0.2, 0.25) is 0 Å². The fraction of sp³-hybridized carbons (Fsp3) is 0.371. The lowest BCUT2D eigenvalue weighted by molar-refractivity contribution is -0.279. The van der Waals surface area contributed by atoms with Gasteiger partial charge in [-0.25, -0.2) is 14.4 Å². The molecule has 312 valence electrons. The van der Waals surface area contributed by atoms with Crippen molar-refractivity contribution in [3.8, 4) is 0 Å². The first-order valence-corrected chi connectivity index (χ1v) is 24.9. The number of esters is 4. The maximum Gasteiger partial charge on any atom is 0.405 e. The molecule has 11 nitrogen and oxygen atoms in total. The number of hydrogen-bond donors (Lipinski definition) is 1. The van der Waals surface area contributed by atoms with Gasteiger partial charge < -0.3 is 18.9 Å². The van der Waals surface area contributed by atoms with E-state index in [0.717, 1.165) is 0 Å². The van der Waals surface area contributed by atoms with Crippen molar-refractivity contribution in [3.63, 3.8) is 0 Å². The number of alkyl halides is 2. The van der Waals surface area contributed by atoms with Crippen molar-refractivity contribution >= 4 is 177 Å². The Morgan fingerprint density at radius 3 is 1.09 bits per heavy atom. The first-order valence-electron chi connectivity index (χ1n) is 16.4. The fourth-order valence-electron chi connectivity index (χ4n) is 8.42. The Bertz CT molecular complexity index is 2130. The van der Waals surface area contributed by atoms with Crippen molar-refractivity contribution in [3.05, 3.63) is 93.3 Å². The molecule has 0 spiro atoms. The van der Waals surface area contributed by atoms with Gasteiger partial charge in [-0.3, -0.25) is 9.35 Å². The molecule has 3 aromatic rings. The summed E-state index contributed by atoms with van der Waals surface area (Å²) in [4.78, 5) is 57.3. The smallest absolute Gasteiger partial charge is 0.405 e. The number of rotatable bonds is 10. The molecule has 4 saturated carbocycles. The van der Waals surface area contributed by atoms with Crippen LogP contribution in [0.4, 0.5) is 8.78 Å². The summed E-state index contributed by atoms with van der Waals surface area (Å²) < 4.78 is 90.4. The van der Waals surface area contributed by atoms with Crippen LogP contribution in [0.25, 0.3) is 0 Å². The van der Waals surface area contributed by atoms with Crippen LogP contribution < -0.4 is 0 Å². The van der Waals surface area contributed by atoms with Crippen molar-refractivity contribution in [1.29, 1.82) is 0 Å². The molecule has 0 aliphatic heterocycles. The molecule has 4 aliphatic carbocycles. The highest BCUT2D eigenvalue weighted by Crippen LogP contribution is 2.69. The number of hydrogen-bond acceptors (Lipinski definition) is 10. The van der Waals surface area contributed by atoms with Crippen LogP contribution in [-0.4, -0.2) is 65.0 Å². The van der Waals surface area contributed by atoms with E-state index >= 15 is 0 Å². The maximum atomic E-state index is 14.9. The highest BCUT2D eigenvalue weighted by atomic mass is 79.9. The number of benzene rings is 3. The second kappa shape index (κ2) is 16.6. The van der Waals surface area contributed by atoms with Gasteiger partial charge in [0, 0.05) is 78.8 Å². The van der Waals surface area contributed by atoms with Gasteiger partial charge in [0.25, 0.3) is 0 Å². The highest BCUT2D eigenvalue weighted by Gasteiger charge is 2.76. The van der Waals surface area contributed by atoms with E-state index < -0.39 is 86.8 Å². The molecule has 0 amide bonds. The maximum absolute atomic E-state index is 14.9. The van der Waals surface area contributed by atoms with Gasteiger partial charge in [0.05, 0.1) is 22.1 Å². The van der Waals surface area contributed by atoms with E-state index in [1.807, 2.05) is 0 Å². The molecular formula is C35H23Br9F2O11S. The molecule has 0 aromatic heterocycles. The Labute approximate surface area is 405 Å². The van der Waals surface area contributed by atoms with Gasteiger partial charge in [-0.2, -0.15) is 17.2 Å². The summed E-state index contributed by atoms with van der Waals surface area (Å²) in [6.45, 7) is 0.585. The Morgan fingerprint density at radius 1 is 0.586 bits per heavy atom. The summed E-state index contributed by atoms with van der Waals surface area (Å²) in [5, 5.41) is -4.94. The number of halogens is 11. The molecule has 1 unspecified atom stereocenters. The average Bonchev–Trinajstić information content (AvgIpc) is 3.01. The molecular weight excluding hydrogens is 1390 g/mol. The fourth-order valence-corrected chi connectivity index (χ4v) is 16.6. The molecule has 4 fully saturated rings. The molecule has 58 heavy (non-hydrogen) atoms. The number of carbonyl (C=O) groups excluding carboxylic acids is 4. The summed E-state index contributed by atoms with van der Waals surface area (Å²) in [5.74, 6) is -4.14. The lowest BCUT2D eigenvalue weighted by Crippen LogP contribution is -2.73. The molecule has 0 radical (unpaired) electrons. The molecule has 23 heteroatoms. The number of ether oxygens (including phenoxy) is 4. The minimum absolute atomic E-state index is 0.0273. The number of carbonyl (C=O) groups is 4. The Balaban J connectivity index is 1.53. The molecule has 0 saturated heterocycles. The van der Waals surface area contributed by atoms with E-state index in [0.29, 0.717) is 47.2 Å². The van der Waals surface area contributed by atoms with E-state index in [4.69, 9.17) is 18.9 Å². The van der Waals surface area contributed by atoms with Gasteiger partial charge in [-0.05, 0) is 139 Å². The summed E-state index contributed by atoms with van der Waals surface area (Å²) >= 11 is 30.4. The first-order chi connectivity index (χ1) is 26.7. The van der Waals surface area contributed by atoms with Crippen LogP contribution in [0.1, 0.15) is 76.5 Å². The average molecular weight is 1410 g/mol. The van der Waals surface area contributed by atoms with E-state index in [9.17, 15) is 40.9 Å². The SMILES string of the molecule is CC(OC(=O)C12CC3(OC(=O)c4c(Br)cc(Br)cc4Br)CC(OC(=O)c4c(Br)cc(Br)cc4Br)(CC(OC(=O)c4c(Br)cc(Br)cc4Br)(C3)C1)C2)C(F)(F)S(=O)(=O)O. The van der Waals surface area contributed by atoms with E-state index in [1.165, 1.54) is 0 Å². The summed E-state index contributed by atoms with van der Waals surface area (Å²) in [6.07, 6.45) is -4.68. The van der Waals surface area contributed by atoms with Crippen LogP contribution in [-0.2, 0) is 33.9 Å². The minimum atomic E-state index is -6.07. The van der Waals surface area contributed by atoms with Crippen LogP contribution in [0.3, 0.4) is 0 Å². The van der Waals surface area contributed by atoms with E-state index in [1.54, 1.807) is 36.4 Å². The van der Waals surface area contributed by atoms with Gasteiger partial charge in [0.15, 0.2) is 6.10 Å². The third-order valence-electron chi connectivity index (χ3n) is 10.0. The molecule has 4 bridgehead atoms. The molecule has 4 aliphatic rings. The van der Waals surface area contributed by atoms with Gasteiger partial charge in [-0.15, -0.1) is 0 Å². The van der Waals surface area contributed by atoms with Crippen molar-refractivity contribution in [2.75, 3.05) is 0 Å². The van der Waals surface area contributed by atoms with Gasteiger partial charge in [-0.1, -0.05) is 47.8 Å². The molecule has 1 atom stereocenters. The quantitative estimate of drug-likeness (QED) is 0.117. The predicted molar refractivity (Wildman–Crippen MR) is 235 cm³/mol. The normalized spacial score (nSPS) is 25.5. The Morgan fingerprint density at radius 2 is 0.845 bits per heavy atom. The van der Waals surface area contributed by atoms with Gasteiger partial charge in [0.1, 0.15) is 16.8 Å². The summed E-state index contributed by atoms with van der Waals surface area (Å²) in [7, 11) is -6.07. The topological polar surface area (TPSA) is 160 Å². The Kier molecular flexibility index (Phi) is 13.5. The predicted octanol–water partition coefficient (Wildman–Crippen LogP) is 12.4. The Hall–Kier alpha value is -0.370. The van der Waals surface area contributed by atoms with Crippen LogP contribution in [0.2, 0.25) is 0 Å². The zero-order valence-corrected chi connectivity index (χ0v) is 44.0. The minimum Gasteiger partial charge on any atom is -0.455 e. The zero-order chi connectivity index (χ0) is 43.1. The third-order valence-corrected chi connectivity index (χ3v) is 16.2. The molecule has 1 N–H and O–H groups in total. The second-order valence-corrected chi connectivity index (χ2v) is 23.7. The lowest BCUT2D eigenvalue weighted by atomic mass is 9.44. The largest absolute Gasteiger partial charge is 0.455 e. The van der Waals surface area contributed by atoms with E-state index in [-0.39, 0.29) is 36.0 Å². The monoisotopic (exact) mass is 1400 g/mol. The van der Waals surface area contributed by atoms with Crippen molar-refractivity contribution < 1.29 is 59.9 Å². The van der Waals surface area contributed by atoms with Crippen molar-refractivity contribution in [2.45, 2.75) is 73.6 Å². The lowest BCUT2D eigenvalue weighted by Gasteiger charge is -2.66. The first kappa shape index (κ1) is 47.1. The summed E-state index contributed by atoms with van der Waals surface area (Å²) in [6, 6.07) is 9.53. The molecule has 3 aromatic carbocycles. The third kappa shape index (κ3) is 9.03. The summed E-state index contributed by atoms with van der Waals surface area (Å²) in [5.41, 5.74) is -7.37. The van der Waals surface area contributed by atoms with E-state index in [2.05, 4.69) is 143 Å². The standard InChI is InChI=1S/C35H23Br9F2O11S/c1-14(35(45,46)58(51,52)53)54-30(50)31-8-32(55-27(47)24-18(39)2-15(36)3-19(24)40)11-33(9-31,56-28(48)25-20(41)4-16(37)5-21(25)42)13-34(10-31,12-32)57-29(49)26-22(43)6-17(38)7-23(26)44/h2-7,14H,8-13H2,1H3,(H,51,52,53). The van der Waals surface area contributed by atoms with Crippen LogP contribution >= 0.6 is 143 Å². The van der Waals surface area contributed by atoms with Crippen molar-refractivity contribution in [1.82, 2.24) is 0 Å². The molecule has 0 heterocycles. The van der Waals surface area contributed by atoms with Crippen LogP contribution in [0.5, 0.6) is 0 Å². The van der Waals surface area contributed by atoms with Crippen molar-refractivity contribution in [2.24, 2.45) is 5.41 Å².